The molecule has 0 saturated carbocycles. The van der Waals surface area contributed by atoms with E-state index in [1.165, 1.54) is 5.43 Å². The second-order valence-corrected chi connectivity index (χ2v) is 0.449. The summed E-state index contributed by atoms with van der Waals surface area (Å²) in [6.07, 6.45) is -1.22. The second kappa shape index (κ2) is 8.94. The summed E-state index contributed by atoms with van der Waals surface area (Å²) in [5, 5.41) is 7.49. The molecule has 7 heavy (non-hydrogen) atoms. The third-order valence-electron chi connectivity index (χ3n) is 0.123. The lowest BCUT2D eigenvalue weighted by atomic mass is 11.3. The van der Waals surface area contributed by atoms with E-state index in [1.54, 1.807) is 0 Å². The molecule has 0 atom stereocenters. The molecule has 0 saturated heterocycles. The van der Waals surface area contributed by atoms with Crippen molar-refractivity contribution in [3.63, 3.8) is 0 Å². The van der Waals surface area contributed by atoms with Crippen LogP contribution in [-0.4, -0.2) is 11.2 Å². The number of nitrogens with two attached hydrogens (primary N) is 3. The van der Waals surface area contributed by atoms with E-state index in [0.717, 1.165) is 0 Å². The van der Waals surface area contributed by atoms with Crippen molar-refractivity contribution in [2.24, 2.45) is 17.5 Å². The van der Waals surface area contributed by atoms with Crippen molar-refractivity contribution in [2.75, 3.05) is 0 Å². The van der Waals surface area contributed by atoms with E-state index >= 15 is 0 Å². The Hall–Kier alpha value is -0.850. The summed E-state index contributed by atoms with van der Waals surface area (Å²) in [5.74, 6) is 12.3. The number of amides is 1. The lowest BCUT2D eigenvalue weighted by Crippen LogP contribution is -2.27. The molecule has 6 heteroatoms. The van der Waals surface area contributed by atoms with Gasteiger partial charge in [-0.3, -0.25) is 17.1 Å². The van der Waals surface area contributed by atoms with Crippen LogP contribution < -0.4 is 23.0 Å². The predicted molar refractivity (Wildman–Crippen MR) is 23.7 cm³/mol. The van der Waals surface area contributed by atoms with E-state index in [1.807, 2.05) is 0 Å². The van der Waals surface area contributed by atoms with Gasteiger partial charge in [-0.15, -0.1) is 0 Å². The van der Waals surface area contributed by atoms with Crippen molar-refractivity contribution in [3.8, 4) is 0 Å². The van der Waals surface area contributed by atoms with Crippen molar-refractivity contribution in [1.82, 2.24) is 5.43 Å². The van der Waals surface area contributed by atoms with Crippen LogP contribution in [0.1, 0.15) is 0 Å². The fourth-order valence-corrected chi connectivity index (χ4v) is 0. The highest BCUT2D eigenvalue weighted by Crippen LogP contribution is 1.42. The molecule has 0 aliphatic carbocycles. The van der Waals surface area contributed by atoms with Crippen LogP contribution in [0.25, 0.3) is 0 Å². The van der Waals surface area contributed by atoms with Gasteiger partial charge in [0.05, 0.1) is 0 Å². The van der Waals surface area contributed by atoms with Gasteiger partial charge in [-0.2, -0.15) is 0 Å². The van der Waals surface area contributed by atoms with E-state index < -0.39 is 6.09 Å². The molecule has 0 aromatic heterocycles. The summed E-state index contributed by atoms with van der Waals surface area (Å²) in [6, 6.07) is 0. The first-order valence-electron chi connectivity index (χ1n) is 1.30. The van der Waals surface area contributed by atoms with Crippen LogP contribution >= 0.6 is 0 Å². The number of carbonyl (C=O) groups is 1. The molecule has 0 rings (SSSR count). The van der Waals surface area contributed by atoms with Crippen molar-refractivity contribution < 1.29 is 9.90 Å². The molecule has 8 N–H and O–H groups in total. The highest BCUT2D eigenvalue weighted by atomic mass is 16.4. The van der Waals surface area contributed by atoms with Crippen molar-refractivity contribution in [1.29, 1.82) is 0 Å². The fraction of sp³-hybridized carbons (Fsp3) is 0. The van der Waals surface area contributed by atoms with Gasteiger partial charge >= 0.3 is 6.09 Å². The molecule has 0 spiro atoms. The lowest BCUT2D eigenvalue weighted by molar-refractivity contribution is 0.194. The normalized spacial score (nSPS) is 5.57. The molecule has 0 fully saturated rings. The monoisotopic (exact) mass is 108 g/mol. The van der Waals surface area contributed by atoms with Gasteiger partial charge < -0.3 is 5.11 Å². The molecular weight excluding hydrogens is 100 g/mol. The summed E-state index contributed by atoms with van der Waals surface area (Å²) in [7, 11) is 0. The van der Waals surface area contributed by atoms with Crippen LogP contribution in [0.4, 0.5) is 4.79 Å². The number of hydrazine groups is 2. The van der Waals surface area contributed by atoms with Gasteiger partial charge in [-0.1, -0.05) is 0 Å². The van der Waals surface area contributed by atoms with Crippen molar-refractivity contribution in [2.45, 2.75) is 0 Å². The number of nitrogens with one attached hydrogen (secondary N) is 1. The molecule has 0 aromatic rings. The zero-order valence-corrected chi connectivity index (χ0v) is 3.59. The molecule has 0 radical (unpaired) electrons. The van der Waals surface area contributed by atoms with E-state index in [-0.39, 0.29) is 0 Å². The maximum Gasteiger partial charge on any atom is 0.418 e. The Kier molecular flexibility index (Phi) is 12.1. The molecular formula is CH8N4O2. The number of rotatable bonds is 0. The first-order chi connectivity index (χ1) is 3.27. The fourth-order valence-electron chi connectivity index (χ4n) is 0. The number of hydrogen-bond donors (Lipinski definition) is 5. The Balaban J connectivity index is 0. The summed E-state index contributed by atoms with van der Waals surface area (Å²) in [6.45, 7) is 0. The Bertz CT molecular complexity index is 45.0. The minimum absolute atomic E-state index is 1.22. The number of carboxylic acid groups (broad SMARTS) is 1. The lowest BCUT2D eigenvalue weighted by Gasteiger charge is -1.79. The van der Waals surface area contributed by atoms with Gasteiger partial charge in [0.15, 0.2) is 0 Å². The van der Waals surface area contributed by atoms with E-state index in [2.05, 4.69) is 17.5 Å². The van der Waals surface area contributed by atoms with Gasteiger partial charge in [0.1, 0.15) is 0 Å². The van der Waals surface area contributed by atoms with Crippen LogP contribution in [0.5, 0.6) is 0 Å². The Morgan fingerprint density at radius 2 is 1.71 bits per heavy atom. The maximum absolute atomic E-state index is 9.13. The molecule has 0 heterocycles. The van der Waals surface area contributed by atoms with E-state index in [4.69, 9.17) is 9.90 Å². The Labute approximate surface area is 40.2 Å². The van der Waals surface area contributed by atoms with Crippen LogP contribution in [0.2, 0.25) is 0 Å². The average Bonchev–Trinajstić information content (AvgIpc) is 1.73. The average molecular weight is 108 g/mol. The van der Waals surface area contributed by atoms with Crippen molar-refractivity contribution in [3.05, 3.63) is 0 Å². The Morgan fingerprint density at radius 3 is 1.71 bits per heavy atom. The number of hydrogen-bond acceptors (Lipinski definition) is 4. The maximum atomic E-state index is 9.13. The van der Waals surface area contributed by atoms with Crippen LogP contribution in [-0.2, 0) is 0 Å². The minimum Gasteiger partial charge on any atom is -0.464 e. The third-order valence-corrected chi connectivity index (χ3v) is 0.123. The highest BCUT2D eigenvalue weighted by molar-refractivity contribution is 5.63. The summed E-state index contributed by atoms with van der Waals surface area (Å²) in [4.78, 5) is 9.13. The SMILES string of the molecule is NN.NNC(=O)O. The molecule has 0 bridgehead atoms. The van der Waals surface area contributed by atoms with Crippen LogP contribution in [0.3, 0.4) is 0 Å². The van der Waals surface area contributed by atoms with E-state index in [9.17, 15) is 0 Å². The van der Waals surface area contributed by atoms with Crippen LogP contribution in [0, 0.1) is 0 Å². The van der Waals surface area contributed by atoms with Gasteiger partial charge in [-0.25, -0.2) is 10.6 Å². The molecule has 1 amide bonds. The molecule has 0 aliphatic rings. The van der Waals surface area contributed by atoms with Gasteiger partial charge in [0.2, 0.25) is 0 Å². The highest BCUT2D eigenvalue weighted by Gasteiger charge is 1.77. The standard InChI is InChI=1S/CH4N2O2.H4N2/c2-3-1(4)5;1-2/h3H,2H2,(H,4,5);1-2H2. The third kappa shape index (κ3) is 38.6. The molecule has 0 aromatic carbocycles. The first kappa shape index (κ1) is 9.47. The van der Waals surface area contributed by atoms with Gasteiger partial charge in [0, 0.05) is 0 Å². The predicted octanol–water partition coefficient (Wildman–Crippen LogP) is -2.05. The van der Waals surface area contributed by atoms with Crippen molar-refractivity contribution >= 4 is 6.09 Å². The molecule has 44 valence electrons. The Morgan fingerprint density at radius 1 is 1.57 bits per heavy atom. The smallest absolute Gasteiger partial charge is 0.418 e. The summed E-state index contributed by atoms with van der Waals surface area (Å²) < 4.78 is 0. The zero-order valence-electron chi connectivity index (χ0n) is 3.59. The summed E-state index contributed by atoms with van der Waals surface area (Å²) >= 11 is 0. The van der Waals surface area contributed by atoms with Gasteiger partial charge in [-0.05, 0) is 0 Å². The molecule has 6 nitrogen and oxygen atoms in total. The summed E-state index contributed by atoms with van der Waals surface area (Å²) in [5.41, 5.74) is 1.44. The van der Waals surface area contributed by atoms with E-state index in [0.29, 0.717) is 0 Å². The second-order valence-electron chi connectivity index (χ2n) is 0.449. The first-order valence-corrected chi connectivity index (χ1v) is 1.30. The zero-order chi connectivity index (χ0) is 6.28. The quantitative estimate of drug-likeness (QED) is 0.138. The van der Waals surface area contributed by atoms with Gasteiger partial charge in [0.25, 0.3) is 0 Å². The largest absolute Gasteiger partial charge is 0.464 e. The molecule has 0 unspecified atom stereocenters. The topological polar surface area (TPSA) is 127 Å². The molecule has 0 aliphatic heterocycles. The minimum atomic E-state index is -1.22. The van der Waals surface area contributed by atoms with Crippen LogP contribution in [0.15, 0.2) is 0 Å².